The van der Waals surface area contributed by atoms with Crippen LogP contribution in [0.25, 0.3) is 0 Å². The van der Waals surface area contributed by atoms with Gasteiger partial charge in [0.25, 0.3) is 0 Å². The van der Waals surface area contributed by atoms with Gasteiger partial charge in [0.15, 0.2) is 0 Å². The number of nitrogens with zero attached hydrogens (tertiary/aromatic N) is 1. The molecule has 0 unspecified atom stereocenters. The predicted molar refractivity (Wildman–Crippen MR) is 71.2 cm³/mol. The molecule has 0 N–H and O–H groups in total. The number of likely N-dealkylation sites (tertiary alicyclic amines) is 1. The van der Waals surface area contributed by atoms with Gasteiger partial charge in [-0.25, -0.2) is 4.39 Å². The number of carbonyl (C=O) groups is 1. The number of hydrogen-bond donors (Lipinski definition) is 0. The summed E-state index contributed by atoms with van der Waals surface area (Å²) in [5, 5.41) is 0. The highest BCUT2D eigenvalue weighted by molar-refractivity contribution is 5.77. The average Bonchev–Trinajstić information content (AvgIpc) is 2.45. The molecule has 1 aromatic rings. The molecule has 1 aliphatic rings. The van der Waals surface area contributed by atoms with Crippen LogP contribution in [0.1, 0.15) is 37.3 Å². The van der Waals surface area contributed by atoms with Crippen LogP contribution in [0.5, 0.6) is 0 Å². The third-order valence-corrected chi connectivity index (χ3v) is 3.60. The van der Waals surface area contributed by atoms with Crippen molar-refractivity contribution in [3.8, 4) is 0 Å². The van der Waals surface area contributed by atoms with Crippen molar-refractivity contribution in [1.82, 2.24) is 4.90 Å². The number of halogens is 1. The Morgan fingerprint density at radius 3 is 2.79 bits per heavy atom. The van der Waals surface area contributed by atoms with E-state index in [1.54, 1.807) is 19.2 Å². The zero-order chi connectivity index (χ0) is 13.7. The first kappa shape index (κ1) is 14.0. The number of piperidine rings is 1. The second kappa shape index (κ2) is 6.66. The van der Waals surface area contributed by atoms with Gasteiger partial charge < -0.3 is 9.64 Å². The molecule has 0 aromatic heterocycles. The van der Waals surface area contributed by atoms with Crippen molar-refractivity contribution in [2.75, 3.05) is 20.3 Å². The SMILES string of the molecule is COCCC(=O)N1CCCC[C@H]1c1ccc(F)cc1. The minimum atomic E-state index is -0.239. The Labute approximate surface area is 113 Å². The van der Waals surface area contributed by atoms with E-state index < -0.39 is 0 Å². The molecule has 3 nitrogen and oxygen atoms in total. The lowest BCUT2D eigenvalue weighted by Gasteiger charge is -2.36. The number of ether oxygens (including phenoxy) is 1. The van der Waals surface area contributed by atoms with Crippen LogP contribution in [0.4, 0.5) is 4.39 Å². The van der Waals surface area contributed by atoms with Crippen molar-refractivity contribution in [3.63, 3.8) is 0 Å². The van der Waals surface area contributed by atoms with Gasteiger partial charge in [-0.2, -0.15) is 0 Å². The van der Waals surface area contributed by atoms with Crippen LogP contribution >= 0.6 is 0 Å². The molecule has 1 fully saturated rings. The fourth-order valence-corrected chi connectivity index (χ4v) is 2.59. The predicted octanol–water partition coefficient (Wildman–Crippen LogP) is 2.92. The maximum absolute atomic E-state index is 13.0. The molecule has 0 aliphatic carbocycles. The minimum Gasteiger partial charge on any atom is -0.384 e. The molecule has 0 saturated carbocycles. The largest absolute Gasteiger partial charge is 0.384 e. The van der Waals surface area contributed by atoms with Crippen molar-refractivity contribution in [2.45, 2.75) is 31.7 Å². The molecular formula is C15H20FNO2. The van der Waals surface area contributed by atoms with Crippen LogP contribution in [-0.4, -0.2) is 31.1 Å². The van der Waals surface area contributed by atoms with Gasteiger partial charge in [0, 0.05) is 13.7 Å². The van der Waals surface area contributed by atoms with E-state index in [0.29, 0.717) is 13.0 Å². The quantitative estimate of drug-likeness (QED) is 0.837. The standard InChI is InChI=1S/C15H20FNO2/c1-19-11-9-15(18)17-10-3-2-4-14(17)12-5-7-13(16)8-6-12/h5-8,14H,2-4,9-11H2,1H3/t14-/m0/s1. The van der Waals surface area contributed by atoms with Crippen molar-refractivity contribution in [3.05, 3.63) is 35.6 Å². The number of carbonyl (C=O) groups excluding carboxylic acids is 1. The van der Waals surface area contributed by atoms with E-state index in [1.165, 1.54) is 12.1 Å². The summed E-state index contributed by atoms with van der Waals surface area (Å²) in [6.07, 6.45) is 3.51. The van der Waals surface area contributed by atoms with Crippen LogP contribution in [0.3, 0.4) is 0 Å². The number of hydrogen-bond acceptors (Lipinski definition) is 2. The van der Waals surface area contributed by atoms with Crippen LogP contribution < -0.4 is 0 Å². The first-order chi connectivity index (χ1) is 9.22. The summed E-state index contributed by atoms with van der Waals surface area (Å²) in [5.41, 5.74) is 1.02. The molecule has 4 heteroatoms. The van der Waals surface area contributed by atoms with Crippen molar-refractivity contribution < 1.29 is 13.9 Å². The number of methoxy groups -OCH3 is 1. The fourth-order valence-electron chi connectivity index (χ4n) is 2.59. The molecule has 2 rings (SSSR count). The summed E-state index contributed by atoms with van der Waals surface area (Å²) < 4.78 is 17.9. The lowest BCUT2D eigenvalue weighted by molar-refractivity contribution is -0.136. The highest BCUT2D eigenvalue weighted by Gasteiger charge is 2.27. The van der Waals surface area contributed by atoms with E-state index >= 15 is 0 Å². The van der Waals surface area contributed by atoms with Crippen molar-refractivity contribution >= 4 is 5.91 Å². The molecule has 1 atom stereocenters. The molecule has 19 heavy (non-hydrogen) atoms. The second-order valence-corrected chi connectivity index (χ2v) is 4.89. The zero-order valence-corrected chi connectivity index (χ0v) is 11.3. The summed E-state index contributed by atoms with van der Waals surface area (Å²) >= 11 is 0. The molecule has 1 saturated heterocycles. The Balaban J connectivity index is 2.11. The molecule has 0 radical (unpaired) electrons. The van der Waals surface area contributed by atoms with E-state index in [-0.39, 0.29) is 17.8 Å². The number of rotatable bonds is 4. The highest BCUT2D eigenvalue weighted by atomic mass is 19.1. The molecule has 104 valence electrons. The Hall–Kier alpha value is -1.42. The lowest BCUT2D eigenvalue weighted by Crippen LogP contribution is -2.38. The highest BCUT2D eigenvalue weighted by Crippen LogP contribution is 2.31. The van der Waals surface area contributed by atoms with Crippen LogP contribution in [-0.2, 0) is 9.53 Å². The third-order valence-electron chi connectivity index (χ3n) is 3.60. The van der Waals surface area contributed by atoms with Crippen molar-refractivity contribution in [2.24, 2.45) is 0 Å². The van der Waals surface area contributed by atoms with Gasteiger partial charge in [0.05, 0.1) is 19.1 Å². The van der Waals surface area contributed by atoms with Gasteiger partial charge in [-0.15, -0.1) is 0 Å². The summed E-state index contributed by atoms with van der Waals surface area (Å²) in [7, 11) is 1.60. The van der Waals surface area contributed by atoms with Gasteiger partial charge in [-0.05, 0) is 37.0 Å². The third kappa shape index (κ3) is 3.53. The first-order valence-electron chi connectivity index (χ1n) is 6.76. The van der Waals surface area contributed by atoms with E-state index in [9.17, 15) is 9.18 Å². The monoisotopic (exact) mass is 265 g/mol. The fraction of sp³-hybridized carbons (Fsp3) is 0.533. The second-order valence-electron chi connectivity index (χ2n) is 4.89. The van der Waals surface area contributed by atoms with Crippen LogP contribution in [0.2, 0.25) is 0 Å². The topological polar surface area (TPSA) is 29.5 Å². The lowest BCUT2D eigenvalue weighted by atomic mass is 9.95. The zero-order valence-electron chi connectivity index (χ0n) is 11.3. The Morgan fingerprint density at radius 1 is 1.37 bits per heavy atom. The molecule has 1 heterocycles. The van der Waals surface area contributed by atoms with Crippen molar-refractivity contribution in [1.29, 1.82) is 0 Å². The maximum Gasteiger partial charge on any atom is 0.225 e. The molecule has 0 bridgehead atoms. The Bertz CT molecular complexity index is 419. The normalized spacial score (nSPS) is 19.5. The maximum atomic E-state index is 13.0. The number of amides is 1. The number of benzene rings is 1. The van der Waals surface area contributed by atoms with E-state index in [1.807, 2.05) is 4.90 Å². The molecule has 1 aliphatic heterocycles. The molecular weight excluding hydrogens is 245 g/mol. The smallest absolute Gasteiger partial charge is 0.225 e. The first-order valence-corrected chi connectivity index (χ1v) is 6.76. The van der Waals surface area contributed by atoms with E-state index in [4.69, 9.17) is 4.74 Å². The van der Waals surface area contributed by atoms with Gasteiger partial charge in [0.2, 0.25) is 5.91 Å². The van der Waals surface area contributed by atoms with E-state index in [0.717, 1.165) is 31.4 Å². The van der Waals surface area contributed by atoms with Crippen LogP contribution in [0.15, 0.2) is 24.3 Å². The summed E-state index contributed by atoms with van der Waals surface area (Å²) in [6.45, 7) is 1.23. The summed E-state index contributed by atoms with van der Waals surface area (Å²) in [5.74, 6) is -0.118. The van der Waals surface area contributed by atoms with Gasteiger partial charge in [-0.3, -0.25) is 4.79 Å². The Morgan fingerprint density at radius 2 is 2.11 bits per heavy atom. The van der Waals surface area contributed by atoms with Gasteiger partial charge >= 0.3 is 0 Å². The van der Waals surface area contributed by atoms with Gasteiger partial charge in [0.1, 0.15) is 5.82 Å². The average molecular weight is 265 g/mol. The van der Waals surface area contributed by atoms with Crippen LogP contribution in [0, 0.1) is 5.82 Å². The molecule has 1 aromatic carbocycles. The summed E-state index contributed by atoms with van der Waals surface area (Å²) in [4.78, 5) is 14.1. The summed E-state index contributed by atoms with van der Waals surface area (Å²) in [6, 6.07) is 6.56. The van der Waals surface area contributed by atoms with E-state index in [2.05, 4.69) is 0 Å². The molecule has 0 spiro atoms. The Kier molecular flexibility index (Phi) is 4.91. The minimum absolute atomic E-state index is 0.0821. The molecule has 1 amide bonds. The van der Waals surface area contributed by atoms with Gasteiger partial charge in [-0.1, -0.05) is 12.1 Å².